The highest BCUT2D eigenvalue weighted by atomic mass is 16.5. The van der Waals surface area contributed by atoms with E-state index in [1.165, 1.54) is 28.5 Å². The highest BCUT2D eigenvalue weighted by molar-refractivity contribution is 5.93. The minimum absolute atomic E-state index is 0.174. The molecule has 1 aromatic heterocycles. The zero-order valence-corrected chi connectivity index (χ0v) is 17.5. The quantitative estimate of drug-likeness (QED) is 0.377. The van der Waals surface area contributed by atoms with Crippen LogP contribution in [0.25, 0.3) is 5.69 Å². The van der Waals surface area contributed by atoms with Gasteiger partial charge in [-0.2, -0.15) is 0 Å². The third kappa shape index (κ3) is 5.31. The molecule has 0 saturated carbocycles. The van der Waals surface area contributed by atoms with Crippen LogP contribution in [-0.4, -0.2) is 46.9 Å². The molecule has 4 rings (SSSR count). The Labute approximate surface area is 185 Å². The summed E-state index contributed by atoms with van der Waals surface area (Å²) >= 11 is 0. The van der Waals surface area contributed by atoms with Crippen molar-refractivity contribution in [3.8, 4) is 17.5 Å². The van der Waals surface area contributed by atoms with Gasteiger partial charge in [-0.25, -0.2) is 5.48 Å². The fraction of sp³-hybridized carbons (Fsp3) is 0.200. The lowest BCUT2D eigenvalue weighted by Crippen LogP contribution is -2.35. The van der Waals surface area contributed by atoms with Crippen molar-refractivity contribution in [2.75, 3.05) is 26.3 Å². The molecule has 2 N–H and O–H groups in total. The van der Waals surface area contributed by atoms with Gasteiger partial charge in [0.1, 0.15) is 0 Å². The van der Waals surface area contributed by atoms with E-state index in [9.17, 15) is 9.59 Å². The summed E-state index contributed by atoms with van der Waals surface area (Å²) in [6.07, 6.45) is 1.38. The van der Waals surface area contributed by atoms with Crippen molar-refractivity contribution >= 4 is 5.91 Å². The molecule has 0 unspecified atom stereocenters. The molecule has 162 valence electrons. The minimum Gasteiger partial charge on any atom is -0.379 e. The first-order valence-corrected chi connectivity index (χ1v) is 10.3. The lowest BCUT2D eigenvalue weighted by molar-refractivity contribution is 0.0342. The van der Waals surface area contributed by atoms with Crippen molar-refractivity contribution in [2.24, 2.45) is 0 Å². The lowest BCUT2D eigenvalue weighted by Gasteiger charge is -2.26. The molecule has 0 radical (unpaired) electrons. The van der Waals surface area contributed by atoms with Gasteiger partial charge in [0.2, 0.25) is 0 Å². The molecule has 1 saturated heterocycles. The molecule has 0 spiro atoms. The molecule has 7 heteroatoms. The molecule has 2 aromatic carbocycles. The van der Waals surface area contributed by atoms with Crippen LogP contribution in [-0.2, 0) is 11.3 Å². The number of nitrogens with zero attached hydrogens (tertiary/aromatic N) is 2. The van der Waals surface area contributed by atoms with E-state index >= 15 is 0 Å². The number of hydrogen-bond donors (Lipinski definition) is 2. The smallest absolute Gasteiger partial charge is 0.276 e. The zero-order valence-electron chi connectivity index (χ0n) is 17.5. The Balaban J connectivity index is 1.45. The summed E-state index contributed by atoms with van der Waals surface area (Å²) in [5.74, 6) is 5.61. The molecule has 1 amide bonds. The molecule has 3 aromatic rings. The second kappa shape index (κ2) is 10.1. The third-order valence-corrected chi connectivity index (χ3v) is 5.24. The third-order valence-electron chi connectivity index (χ3n) is 5.24. The van der Waals surface area contributed by atoms with Crippen molar-refractivity contribution < 1.29 is 14.7 Å². The Morgan fingerprint density at radius 1 is 0.938 bits per heavy atom. The van der Waals surface area contributed by atoms with Crippen molar-refractivity contribution in [2.45, 2.75) is 6.54 Å². The number of nitrogens with one attached hydrogen (secondary N) is 1. The van der Waals surface area contributed by atoms with Gasteiger partial charge < -0.3 is 4.74 Å². The predicted octanol–water partition coefficient (Wildman–Crippen LogP) is 2.19. The summed E-state index contributed by atoms with van der Waals surface area (Å²) in [5.41, 5.74) is 5.05. The van der Waals surface area contributed by atoms with Crippen LogP contribution in [0.4, 0.5) is 0 Å². The lowest BCUT2D eigenvalue weighted by atomic mass is 10.1. The molecule has 1 aliphatic rings. The number of benzene rings is 2. The van der Waals surface area contributed by atoms with Crippen LogP contribution in [0.3, 0.4) is 0 Å². The molecule has 0 atom stereocenters. The maximum atomic E-state index is 12.2. The molecule has 1 aliphatic heterocycles. The SMILES string of the molecule is O=C(NO)c1ccc(=O)n(-c2ccc(C#Cc3ccc(CN4CCOCC4)cc3)cc2)c1. The maximum absolute atomic E-state index is 12.2. The summed E-state index contributed by atoms with van der Waals surface area (Å²) < 4.78 is 6.73. The van der Waals surface area contributed by atoms with E-state index in [1.54, 1.807) is 17.6 Å². The summed E-state index contributed by atoms with van der Waals surface area (Å²) in [4.78, 5) is 26.1. The van der Waals surface area contributed by atoms with E-state index in [0.717, 1.165) is 44.0 Å². The standard InChI is InChI=1S/C25H23N3O4/c29-24-12-9-22(25(30)26-31)18-28(24)23-10-7-20(8-11-23)2-1-19-3-5-21(6-4-19)17-27-13-15-32-16-14-27/h3-12,18,31H,13-17H2,(H,26,30). The van der Waals surface area contributed by atoms with Crippen LogP contribution in [0.5, 0.6) is 0 Å². The fourth-order valence-corrected chi connectivity index (χ4v) is 3.45. The average molecular weight is 429 g/mol. The molecule has 7 nitrogen and oxygen atoms in total. The Morgan fingerprint density at radius 3 is 2.19 bits per heavy atom. The molecule has 2 heterocycles. The van der Waals surface area contributed by atoms with Gasteiger partial charge in [-0.15, -0.1) is 0 Å². The Kier molecular flexibility index (Phi) is 6.78. The van der Waals surface area contributed by atoms with Crippen LogP contribution < -0.4 is 11.0 Å². The number of amides is 1. The van der Waals surface area contributed by atoms with Gasteiger partial charge in [0.05, 0.1) is 18.8 Å². The number of pyridine rings is 1. The van der Waals surface area contributed by atoms with Gasteiger partial charge in [0.25, 0.3) is 11.5 Å². The topological polar surface area (TPSA) is 83.8 Å². The molecule has 0 bridgehead atoms. The number of aromatic nitrogens is 1. The largest absolute Gasteiger partial charge is 0.379 e. The number of carbonyl (C=O) groups is 1. The number of hydroxylamine groups is 1. The fourth-order valence-electron chi connectivity index (χ4n) is 3.45. The summed E-state index contributed by atoms with van der Waals surface area (Å²) in [7, 11) is 0. The Bertz CT molecular complexity index is 1200. The first kappa shape index (κ1) is 21.5. The zero-order chi connectivity index (χ0) is 22.3. The predicted molar refractivity (Wildman–Crippen MR) is 120 cm³/mol. The van der Waals surface area contributed by atoms with Crippen LogP contribution in [0.1, 0.15) is 27.0 Å². The van der Waals surface area contributed by atoms with Crippen molar-refractivity contribution in [1.82, 2.24) is 14.9 Å². The molecular formula is C25H23N3O4. The summed E-state index contributed by atoms with van der Waals surface area (Å²) in [6.45, 7) is 4.42. The number of hydrogen-bond acceptors (Lipinski definition) is 5. The first-order valence-electron chi connectivity index (χ1n) is 10.3. The van der Waals surface area contributed by atoms with E-state index in [0.29, 0.717) is 5.69 Å². The van der Waals surface area contributed by atoms with Crippen LogP contribution in [0.15, 0.2) is 71.7 Å². The number of ether oxygens (including phenoxy) is 1. The second-order valence-electron chi connectivity index (χ2n) is 7.45. The summed E-state index contributed by atoms with van der Waals surface area (Å²) in [6, 6.07) is 18.0. The van der Waals surface area contributed by atoms with Gasteiger partial charge >= 0.3 is 0 Å². The second-order valence-corrected chi connectivity index (χ2v) is 7.45. The van der Waals surface area contributed by atoms with Gasteiger partial charge in [0, 0.05) is 48.7 Å². The minimum atomic E-state index is -0.683. The van der Waals surface area contributed by atoms with E-state index in [1.807, 2.05) is 24.3 Å². The van der Waals surface area contributed by atoms with Gasteiger partial charge in [-0.1, -0.05) is 24.0 Å². The van der Waals surface area contributed by atoms with E-state index in [2.05, 4.69) is 28.9 Å². The highest BCUT2D eigenvalue weighted by Crippen LogP contribution is 2.11. The van der Waals surface area contributed by atoms with E-state index in [4.69, 9.17) is 9.94 Å². The van der Waals surface area contributed by atoms with Crippen molar-refractivity contribution in [1.29, 1.82) is 0 Å². The first-order chi connectivity index (χ1) is 15.6. The maximum Gasteiger partial charge on any atom is 0.276 e. The molecule has 1 fully saturated rings. The monoisotopic (exact) mass is 429 g/mol. The molecule has 0 aliphatic carbocycles. The Hall–Kier alpha value is -3.70. The van der Waals surface area contributed by atoms with Crippen LogP contribution >= 0.6 is 0 Å². The van der Waals surface area contributed by atoms with Gasteiger partial charge in [0.15, 0.2) is 0 Å². The summed E-state index contributed by atoms with van der Waals surface area (Å²) in [5, 5.41) is 8.79. The number of morpholine rings is 1. The normalized spacial score (nSPS) is 13.8. The van der Waals surface area contributed by atoms with Crippen molar-refractivity contribution in [3.63, 3.8) is 0 Å². The van der Waals surface area contributed by atoms with Crippen molar-refractivity contribution in [3.05, 3.63) is 99.5 Å². The number of carbonyl (C=O) groups excluding carboxylic acids is 1. The van der Waals surface area contributed by atoms with Gasteiger partial charge in [-0.3, -0.25) is 24.3 Å². The van der Waals surface area contributed by atoms with Crippen LogP contribution in [0, 0.1) is 11.8 Å². The highest BCUT2D eigenvalue weighted by Gasteiger charge is 2.10. The average Bonchev–Trinajstić information content (AvgIpc) is 2.84. The number of rotatable bonds is 4. The molecule has 32 heavy (non-hydrogen) atoms. The van der Waals surface area contributed by atoms with E-state index in [-0.39, 0.29) is 11.1 Å². The Morgan fingerprint density at radius 2 is 1.56 bits per heavy atom. The van der Waals surface area contributed by atoms with Gasteiger partial charge in [-0.05, 0) is 48.0 Å². The molecular weight excluding hydrogens is 406 g/mol. The van der Waals surface area contributed by atoms with Crippen LogP contribution in [0.2, 0.25) is 0 Å². The van der Waals surface area contributed by atoms with E-state index < -0.39 is 5.91 Å².